The fourth-order valence-corrected chi connectivity index (χ4v) is 3.62. The lowest BCUT2D eigenvalue weighted by atomic mass is 9.97. The summed E-state index contributed by atoms with van der Waals surface area (Å²) in [5.74, 6) is 1.67. The number of rotatable bonds is 3. The maximum atomic E-state index is 5.25. The molecule has 1 atom stereocenters. The first-order chi connectivity index (χ1) is 8.85. The first kappa shape index (κ1) is 11.9. The van der Waals surface area contributed by atoms with Gasteiger partial charge in [0, 0.05) is 6.42 Å². The maximum Gasteiger partial charge on any atom is 0.120 e. The van der Waals surface area contributed by atoms with Crippen molar-refractivity contribution in [3.8, 4) is 5.75 Å². The molecule has 2 heterocycles. The summed E-state index contributed by atoms with van der Waals surface area (Å²) in [7, 11) is 1.71. The molecule has 0 spiro atoms. The largest absolute Gasteiger partial charge is 0.497 e. The van der Waals surface area contributed by atoms with Crippen molar-refractivity contribution < 1.29 is 4.74 Å². The summed E-state index contributed by atoms with van der Waals surface area (Å²) in [4.78, 5) is 4.72. The van der Waals surface area contributed by atoms with E-state index >= 15 is 0 Å². The van der Waals surface area contributed by atoms with Gasteiger partial charge in [-0.05, 0) is 50.0 Å². The van der Waals surface area contributed by atoms with E-state index < -0.39 is 0 Å². The van der Waals surface area contributed by atoms with Crippen molar-refractivity contribution in [2.24, 2.45) is 5.92 Å². The van der Waals surface area contributed by atoms with Crippen LogP contribution in [0.25, 0.3) is 10.2 Å². The molecule has 1 aliphatic rings. The van der Waals surface area contributed by atoms with Crippen molar-refractivity contribution in [2.45, 2.75) is 19.3 Å². The number of hydrogen-bond acceptors (Lipinski definition) is 4. The van der Waals surface area contributed by atoms with Gasteiger partial charge in [-0.15, -0.1) is 11.3 Å². The lowest BCUT2D eigenvalue weighted by Gasteiger charge is -2.21. The number of piperidine rings is 1. The third kappa shape index (κ3) is 2.49. The van der Waals surface area contributed by atoms with E-state index in [1.54, 1.807) is 18.4 Å². The molecule has 0 amide bonds. The Morgan fingerprint density at radius 2 is 2.44 bits per heavy atom. The number of nitrogens with zero attached hydrogens (tertiary/aromatic N) is 1. The molecule has 18 heavy (non-hydrogen) atoms. The average molecular weight is 262 g/mol. The Morgan fingerprint density at radius 3 is 3.22 bits per heavy atom. The molecule has 0 aliphatic carbocycles. The molecule has 1 fully saturated rings. The molecule has 1 aromatic heterocycles. The predicted octanol–water partition coefficient (Wildman–Crippen LogP) is 2.85. The molecule has 1 aliphatic heterocycles. The number of aromatic nitrogens is 1. The molecule has 0 radical (unpaired) electrons. The predicted molar refractivity (Wildman–Crippen MR) is 75.5 cm³/mol. The number of ether oxygens (including phenoxy) is 1. The maximum absolute atomic E-state index is 5.25. The molecule has 96 valence electrons. The number of benzene rings is 1. The van der Waals surface area contributed by atoms with Gasteiger partial charge in [0.2, 0.25) is 0 Å². The van der Waals surface area contributed by atoms with Gasteiger partial charge in [-0.1, -0.05) is 0 Å². The van der Waals surface area contributed by atoms with Crippen LogP contribution in [0.3, 0.4) is 0 Å². The van der Waals surface area contributed by atoms with Crippen molar-refractivity contribution in [2.75, 3.05) is 20.2 Å². The molecular formula is C14H18N2OS. The van der Waals surface area contributed by atoms with Crippen LogP contribution < -0.4 is 10.1 Å². The molecule has 3 nitrogen and oxygen atoms in total. The summed E-state index contributed by atoms with van der Waals surface area (Å²) in [6, 6.07) is 6.11. The highest BCUT2D eigenvalue weighted by Crippen LogP contribution is 2.28. The van der Waals surface area contributed by atoms with Crippen LogP contribution in [0.15, 0.2) is 18.2 Å². The summed E-state index contributed by atoms with van der Waals surface area (Å²) >= 11 is 1.80. The average Bonchev–Trinajstić information content (AvgIpc) is 2.80. The van der Waals surface area contributed by atoms with E-state index in [1.165, 1.54) is 29.1 Å². The standard InChI is InChI=1S/C14H18N2OS/c1-17-11-4-5-12-13(8-11)18-14(16-12)7-10-3-2-6-15-9-10/h4-5,8,10,15H,2-3,6-7,9H2,1H3. The van der Waals surface area contributed by atoms with Crippen molar-refractivity contribution in [1.82, 2.24) is 10.3 Å². The quantitative estimate of drug-likeness (QED) is 0.923. The van der Waals surface area contributed by atoms with Gasteiger partial charge in [-0.3, -0.25) is 0 Å². The Hall–Kier alpha value is -1.13. The van der Waals surface area contributed by atoms with Gasteiger partial charge in [0.15, 0.2) is 0 Å². The fourth-order valence-electron chi connectivity index (χ4n) is 2.51. The lowest BCUT2D eigenvalue weighted by Crippen LogP contribution is -2.30. The lowest BCUT2D eigenvalue weighted by molar-refractivity contribution is 0.376. The summed E-state index contributed by atoms with van der Waals surface area (Å²) < 4.78 is 6.48. The second-order valence-electron chi connectivity index (χ2n) is 4.86. The van der Waals surface area contributed by atoms with Crippen LogP contribution in [0.4, 0.5) is 0 Å². The molecule has 1 N–H and O–H groups in total. The number of fused-ring (bicyclic) bond motifs is 1. The Bertz CT molecular complexity index is 532. The smallest absolute Gasteiger partial charge is 0.120 e. The van der Waals surface area contributed by atoms with E-state index in [-0.39, 0.29) is 0 Å². The molecule has 4 heteroatoms. The normalized spacial score (nSPS) is 20.2. The number of hydrogen-bond donors (Lipinski definition) is 1. The van der Waals surface area contributed by atoms with E-state index in [1.807, 2.05) is 12.1 Å². The fraction of sp³-hybridized carbons (Fsp3) is 0.500. The van der Waals surface area contributed by atoms with Gasteiger partial charge < -0.3 is 10.1 Å². The summed E-state index contributed by atoms with van der Waals surface area (Å²) in [5.41, 5.74) is 1.10. The van der Waals surface area contributed by atoms with Gasteiger partial charge >= 0.3 is 0 Å². The minimum absolute atomic E-state index is 0.751. The van der Waals surface area contributed by atoms with E-state index in [4.69, 9.17) is 9.72 Å². The van der Waals surface area contributed by atoms with E-state index in [0.717, 1.165) is 30.1 Å². The first-order valence-electron chi connectivity index (χ1n) is 6.49. The van der Waals surface area contributed by atoms with Crippen LogP contribution in [0, 0.1) is 5.92 Å². The highest BCUT2D eigenvalue weighted by atomic mass is 32.1. The van der Waals surface area contributed by atoms with Crippen LogP contribution in [0.1, 0.15) is 17.8 Å². The number of thiazole rings is 1. The summed E-state index contributed by atoms with van der Waals surface area (Å²) in [6.07, 6.45) is 3.73. The molecule has 0 saturated carbocycles. The van der Waals surface area contributed by atoms with Crippen molar-refractivity contribution in [3.63, 3.8) is 0 Å². The minimum atomic E-state index is 0.751. The monoisotopic (exact) mass is 262 g/mol. The SMILES string of the molecule is COc1ccc2nc(CC3CCCNC3)sc2c1. The molecule has 2 aromatic rings. The van der Waals surface area contributed by atoms with Gasteiger partial charge in [-0.25, -0.2) is 4.98 Å². The van der Waals surface area contributed by atoms with Crippen molar-refractivity contribution in [3.05, 3.63) is 23.2 Å². The van der Waals surface area contributed by atoms with Gasteiger partial charge in [0.05, 0.1) is 22.3 Å². The van der Waals surface area contributed by atoms with E-state index in [9.17, 15) is 0 Å². The Kier molecular flexibility index (Phi) is 3.48. The first-order valence-corrected chi connectivity index (χ1v) is 7.31. The summed E-state index contributed by atoms with van der Waals surface area (Å²) in [6.45, 7) is 2.31. The highest BCUT2D eigenvalue weighted by molar-refractivity contribution is 7.18. The number of methoxy groups -OCH3 is 1. The van der Waals surface area contributed by atoms with Crippen LogP contribution in [-0.2, 0) is 6.42 Å². The second-order valence-corrected chi connectivity index (χ2v) is 5.97. The summed E-state index contributed by atoms with van der Waals surface area (Å²) in [5, 5.41) is 4.72. The Balaban J connectivity index is 1.79. The number of nitrogens with one attached hydrogen (secondary N) is 1. The zero-order valence-corrected chi connectivity index (χ0v) is 11.4. The van der Waals surface area contributed by atoms with Crippen LogP contribution in [-0.4, -0.2) is 25.2 Å². The Labute approximate surface area is 111 Å². The minimum Gasteiger partial charge on any atom is -0.497 e. The van der Waals surface area contributed by atoms with E-state index in [0.29, 0.717) is 0 Å². The molecule has 1 saturated heterocycles. The van der Waals surface area contributed by atoms with E-state index in [2.05, 4.69) is 11.4 Å². The van der Waals surface area contributed by atoms with Crippen LogP contribution in [0.2, 0.25) is 0 Å². The third-order valence-electron chi connectivity index (χ3n) is 3.50. The topological polar surface area (TPSA) is 34.1 Å². The Morgan fingerprint density at radius 1 is 1.50 bits per heavy atom. The van der Waals surface area contributed by atoms with Gasteiger partial charge in [-0.2, -0.15) is 0 Å². The van der Waals surface area contributed by atoms with Gasteiger partial charge in [0.1, 0.15) is 5.75 Å². The third-order valence-corrected chi connectivity index (χ3v) is 4.54. The van der Waals surface area contributed by atoms with Crippen LogP contribution in [0.5, 0.6) is 5.75 Å². The highest BCUT2D eigenvalue weighted by Gasteiger charge is 2.15. The molecular weight excluding hydrogens is 244 g/mol. The molecule has 1 aromatic carbocycles. The van der Waals surface area contributed by atoms with Crippen molar-refractivity contribution in [1.29, 1.82) is 0 Å². The molecule has 0 bridgehead atoms. The molecule has 3 rings (SSSR count). The van der Waals surface area contributed by atoms with Gasteiger partial charge in [0.25, 0.3) is 0 Å². The van der Waals surface area contributed by atoms with Crippen molar-refractivity contribution >= 4 is 21.6 Å². The second kappa shape index (κ2) is 5.24. The zero-order chi connectivity index (χ0) is 12.4. The van der Waals surface area contributed by atoms with Crippen LogP contribution >= 0.6 is 11.3 Å². The molecule has 1 unspecified atom stereocenters. The zero-order valence-electron chi connectivity index (χ0n) is 10.6.